The van der Waals surface area contributed by atoms with Crippen LogP contribution >= 0.6 is 0 Å². The maximum absolute atomic E-state index is 12.4. The second-order valence-corrected chi connectivity index (χ2v) is 8.30. The molecule has 11 heteroatoms. The lowest BCUT2D eigenvalue weighted by Gasteiger charge is -2.13. The van der Waals surface area contributed by atoms with Crippen LogP contribution in [0.2, 0.25) is 0 Å². The largest absolute Gasteiger partial charge is 0.449 e. The normalized spacial score (nSPS) is 14.6. The molecule has 1 amide bonds. The van der Waals surface area contributed by atoms with Crippen molar-refractivity contribution in [3.63, 3.8) is 0 Å². The first kappa shape index (κ1) is 21.1. The lowest BCUT2D eigenvalue weighted by molar-refractivity contribution is -0.123. The van der Waals surface area contributed by atoms with E-state index in [1.807, 2.05) is 0 Å². The molecule has 1 aliphatic rings. The van der Waals surface area contributed by atoms with Crippen LogP contribution in [-0.4, -0.2) is 42.2 Å². The van der Waals surface area contributed by atoms with Crippen LogP contribution in [0.25, 0.3) is 0 Å². The molecule has 10 nitrogen and oxygen atoms in total. The molecule has 2 aromatic carbocycles. The van der Waals surface area contributed by atoms with Gasteiger partial charge in [-0.2, -0.15) is 8.42 Å². The topological polar surface area (TPSA) is 140 Å². The maximum atomic E-state index is 12.4. The summed E-state index contributed by atoms with van der Waals surface area (Å²) in [5, 5.41) is 5.40. The van der Waals surface area contributed by atoms with Crippen molar-refractivity contribution in [1.29, 1.82) is 0 Å². The van der Waals surface area contributed by atoms with Gasteiger partial charge in [0, 0.05) is 23.6 Å². The Kier molecular flexibility index (Phi) is 5.65. The monoisotopic (exact) mass is 451 g/mol. The first-order chi connectivity index (χ1) is 15.3. The Morgan fingerprint density at radius 2 is 1.66 bits per heavy atom. The predicted molar refractivity (Wildman–Crippen MR) is 116 cm³/mol. The van der Waals surface area contributed by atoms with Crippen LogP contribution in [0.4, 0.5) is 11.6 Å². The number of carbonyl (C=O) groups is 2. The number of hydrogen-bond donors (Lipinski definition) is 2. The van der Waals surface area contributed by atoms with Crippen LogP contribution in [-0.2, 0) is 19.6 Å². The third-order valence-corrected chi connectivity index (χ3v) is 5.80. The highest BCUT2D eigenvalue weighted by Gasteiger charge is 2.28. The molecule has 0 bridgehead atoms. The molecule has 0 saturated carbocycles. The molecule has 2 heterocycles. The number of nitrogens with one attached hydrogen (secondary N) is 2. The van der Waals surface area contributed by atoms with Gasteiger partial charge in [-0.25, -0.2) is 14.8 Å². The van der Waals surface area contributed by atoms with Crippen molar-refractivity contribution in [2.75, 3.05) is 10.6 Å². The molecule has 1 aliphatic heterocycles. The highest BCUT2D eigenvalue weighted by molar-refractivity contribution is 7.90. The smallest absolute Gasteiger partial charge is 0.338 e. The van der Waals surface area contributed by atoms with Gasteiger partial charge in [-0.05, 0) is 49.4 Å². The zero-order chi connectivity index (χ0) is 22.7. The van der Waals surface area contributed by atoms with E-state index in [2.05, 4.69) is 25.0 Å². The zero-order valence-corrected chi connectivity index (χ0v) is 17.5. The summed E-state index contributed by atoms with van der Waals surface area (Å²) in [6.45, 7) is 1.43. The second-order valence-electron chi connectivity index (χ2n) is 6.72. The molecule has 1 atom stereocenters. The average molecular weight is 451 g/mol. The second kappa shape index (κ2) is 8.55. The fraction of sp³-hybridized carbons (Fsp3) is 0.0952. The van der Waals surface area contributed by atoms with Gasteiger partial charge in [-0.3, -0.25) is 10.1 Å². The van der Waals surface area contributed by atoms with Crippen LogP contribution < -0.4 is 10.6 Å². The minimum atomic E-state index is -3.74. The molecule has 162 valence electrons. The first-order valence-corrected chi connectivity index (χ1v) is 10.9. The molecule has 0 saturated heterocycles. The third-order valence-electron chi connectivity index (χ3n) is 4.47. The lowest BCUT2D eigenvalue weighted by atomic mass is 10.1. The number of hydrogen-bond acceptors (Lipinski definition) is 8. The highest BCUT2D eigenvalue weighted by Crippen LogP contribution is 2.26. The minimum Gasteiger partial charge on any atom is -0.449 e. The van der Waals surface area contributed by atoms with E-state index in [1.54, 1.807) is 36.4 Å². The van der Waals surface area contributed by atoms with Gasteiger partial charge in [-0.15, -0.1) is 4.40 Å². The van der Waals surface area contributed by atoms with E-state index in [4.69, 9.17) is 4.74 Å². The summed E-state index contributed by atoms with van der Waals surface area (Å²) < 4.78 is 33.2. The summed E-state index contributed by atoms with van der Waals surface area (Å²) in [6, 6.07) is 14.2. The SMILES string of the molecule is C[C@H](OC(=O)c1ccc(NC2=NS(=O)(=O)c3ccccc32)cc1)C(=O)Nc1ncccn1. The molecular weight excluding hydrogens is 434 g/mol. The number of rotatable bonds is 5. The van der Waals surface area contributed by atoms with E-state index in [0.717, 1.165) is 0 Å². The third kappa shape index (κ3) is 4.47. The number of sulfonamides is 1. The fourth-order valence-corrected chi connectivity index (χ4v) is 4.06. The van der Waals surface area contributed by atoms with Gasteiger partial charge in [0.2, 0.25) is 5.95 Å². The molecule has 1 aromatic heterocycles. The molecule has 4 rings (SSSR count). The van der Waals surface area contributed by atoms with Gasteiger partial charge >= 0.3 is 5.97 Å². The molecule has 3 aromatic rings. The van der Waals surface area contributed by atoms with E-state index < -0.39 is 28.0 Å². The van der Waals surface area contributed by atoms with Crippen molar-refractivity contribution >= 4 is 39.4 Å². The summed E-state index contributed by atoms with van der Waals surface area (Å²) in [6.07, 6.45) is 1.87. The Morgan fingerprint density at radius 3 is 2.38 bits per heavy atom. The van der Waals surface area contributed by atoms with E-state index >= 15 is 0 Å². The molecule has 32 heavy (non-hydrogen) atoms. The van der Waals surface area contributed by atoms with Crippen LogP contribution in [0, 0.1) is 0 Å². The number of carbonyl (C=O) groups excluding carboxylic acids is 2. The van der Waals surface area contributed by atoms with Crippen LogP contribution in [0.5, 0.6) is 0 Å². The Bertz CT molecular complexity index is 1310. The van der Waals surface area contributed by atoms with E-state index in [0.29, 0.717) is 11.3 Å². The van der Waals surface area contributed by atoms with Crippen LogP contribution in [0.3, 0.4) is 0 Å². The van der Waals surface area contributed by atoms with Crippen molar-refractivity contribution in [1.82, 2.24) is 9.97 Å². The summed E-state index contributed by atoms with van der Waals surface area (Å²) in [4.78, 5) is 32.4. The van der Waals surface area contributed by atoms with Gasteiger partial charge in [0.1, 0.15) is 4.90 Å². The summed E-state index contributed by atoms with van der Waals surface area (Å²) in [7, 11) is -3.74. The predicted octanol–water partition coefficient (Wildman–Crippen LogP) is 2.22. The van der Waals surface area contributed by atoms with Crippen molar-refractivity contribution in [2.24, 2.45) is 4.40 Å². The van der Waals surface area contributed by atoms with Gasteiger partial charge in [0.05, 0.1) is 5.56 Å². The number of amides is 1. The van der Waals surface area contributed by atoms with Crippen molar-refractivity contribution in [3.8, 4) is 0 Å². The molecule has 0 unspecified atom stereocenters. The fourth-order valence-electron chi connectivity index (χ4n) is 2.88. The van der Waals surface area contributed by atoms with E-state index in [-0.39, 0.29) is 22.2 Å². The van der Waals surface area contributed by atoms with Gasteiger partial charge in [0.15, 0.2) is 11.9 Å². The number of aromatic nitrogens is 2. The molecule has 0 spiro atoms. The Hall–Kier alpha value is -4.12. The van der Waals surface area contributed by atoms with Crippen molar-refractivity contribution < 1.29 is 22.7 Å². The standard InChI is InChI=1S/C21H17N5O5S/c1-13(19(27)25-21-22-11-4-12-23-21)31-20(28)14-7-9-15(10-8-14)24-18-16-5-2-3-6-17(16)32(29,30)26-18/h2-13H,1H3,(H,24,26)(H,22,23,25,27)/t13-/m0/s1. The Labute approximate surface area is 183 Å². The number of esters is 1. The number of amidine groups is 1. The number of fused-ring (bicyclic) bond motifs is 1. The highest BCUT2D eigenvalue weighted by atomic mass is 32.2. The maximum Gasteiger partial charge on any atom is 0.338 e. The molecule has 0 radical (unpaired) electrons. The van der Waals surface area contributed by atoms with Crippen LogP contribution in [0.15, 0.2) is 76.3 Å². The van der Waals surface area contributed by atoms with Gasteiger partial charge in [0.25, 0.3) is 15.9 Å². The molecular formula is C21H17N5O5S. The van der Waals surface area contributed by atoms with Crippen molar-refractivity contribution in [3.05, 3.63) is 78.1 Å². The van der Waals surface area contributed by atoms with Gasteiger partial charge < -0.3 is 10.1 Å². The molecule has 0 aliphatic carbocycles. The van der Waals surface area contributed by atoms with Crippen molar-refractivity contribution in [2.45, 2.75) is 17.9 Å². The molecule has 2 N–H and O–H groups in total. The number of nitrogens with zero attached hydrogens (tertiary/aromatic N) is 3. The average Bonchev–Trinajstić information content (AvgIpc) is 3.05. The Morgan fingerprint density at radius 1 is 0.969 bits per heavy atom. The Balaban J connectivity index is 1.39. The van der Waals surface area contributed by atoms with Gasteiger partial charge in [-0.1, -0.05) is 12.1 Å². The van der Waals surface area contributed by atoms with E-state index in [9.17, 15) is 18.0 Å². The number of benzene rings is 2. The lowest BCUT2D eigenvalue weighted by Crippen LogP contribution is -2.30. The molecule has 0 fully saturated rings. The summed E-state index contributed by atoms with van der Waals surface area (Å²) >= 11 is 0. The number of anilines is 2. The minimum absolute atomic E-state index is 0.106. The number of ether oxygens (including phenoxy) is 1. The quantitative estimate of drug-likeness (QED) is 0.563. The summed E-state index contributed by atoms with van der Waals surface area (Å²) in [5.74, 6) is -0.958. The summed E-state index contributed by atoms with van der Waals surface area (Å²) in [5.41, 5.74) is 1.21. The zero-order valence-electron chi connectivity index (χ0n) is 16.7. The first-order valence-electron chi connectivity index (χ1n) is 9.44. The van der Waals surface area contributed by atoms with Crippen LogP contribution in [0.1, 0.15) is 22.8 Å². The van der Waals surface area contributed by atoms with E-state index in [1.165, 1.54) is 37.5 Å².